The highest BCUT2D eigenvalue weighted by atomic mass is 16.5. The van der Waals surface area contributed by atoms with Crippen LogP contribution in [-0.4, -0.2) is 36.1 Å². The molecule has 0 unspecified atom stereocenters. The summed E-state index contributed by atoms with van der Waals surface area (Å²) in [5, 5.41) is 4.77. The summed E-state index contributed by atoms with van der Waals surface area (Å²) in [6.45, 7) is 1.75. The Balaban J connectivity index is 1.83. The highest BCUT2D eigenvalue weighted by Gasteiger charge is 2.24. The van der Waals surface area contributed by atoms with Crippen LogP contribution >= 0.6 is 0 Å². The Bertz CT molecular complexity index is 901. The van der Waals surface area contributed by atoms with Crippen molar-refractivity contribution in [2.75, 3.05) is 20.2 Å². The van der Waals surface area contributed by atoms with Crippen molar-refractivity contribution in [1.82, 2.24) is 15.3 Å². The first kappa shape index (κ1) is 14.9. The van der Waals surface area contributed by atoms with Crippen LogP contribution in [0.25, 0.3) is 10.9 Å². The van der Waals surface area contributed by atoms with Crippen LogP contribution in [0.5, 0.6) is 0 Å². The molecule has 0 fully saturated rings. The summed E-state index contributed by atoms with van der Waals surface area (Å²) in [6, 6.07) is 10.3. The minimum atomic E-state index is -0.359. The van der Waals surface area contributed by atoms with E-state index in [1.165, 1.54) is 23.8 Å². The number of pyridine rings is 1. The number of carbonyl (C=O) groups is 1. The van der Waals surface area contributed by atoms with Crippen LogP contribution in [0.3, 0.4) is 0 Å². The number of fused-ring (bicyclic) bond motifs is 3. The molecular formula is C19H19N3O2. The van der Waals surface area contributed by atoms with Gasteiger partial charge in [0, 0.05) is 41.5 Å². The number of para-hydroxylation sites is 1. The Hall–Kier alpha value is -2.66. The van der Waals surface area contributed by atoms with E-state index in [1.54, 1.807) is 6.20 Å². The minimum absolute atomic E-state index is 0.131. The summed E-state index contributed by atoms with van der Waals surface area (Å²) in [6.07, 6.45) is 4.37. The molecule has 5 heteroatoms. The smallest absolute Gasteiger partial charge is 0.339 e. The van der Waals surface area contributed by atoms with Gasteiger partial charge in [-0.3, -0.25) is 4.98 Å². The summed E-state index contributed by atoms with van der Waals surface area (Å²) in [5.41, 5.74) is 5.22. The molecule has 3 aromatic rings. The number of aromatic amines is 1. The number of esters is 1. The monoisotopic (exact) mass is 321 g/mol. The van der Waals surface area contributed by atoms with Gasteiger partial charge in [0.05, 0.1) is 12.7 Å². The number of H-pyrrole nitrogens is 1. The molecule has 4 rings (SSSR count). The predicted octanol–water partition coefficient (Wildman–Crippen LogP) is 2.63. The summed E-state index contributed by atoms with van der Waals surface area (Å²) < 4.78 is 4.82. The van der Waals surface area contributed by atoms with Crippen molar-refractivity contribution < 1.29 is 9.53 Å². The first-order valence-electron chi connectivity index (χ1n) is 8.11. The van der Waals surface area contributed by atoms with Gasteiger partial charge in [-0.15, -0.1) is 0 Å². The molecular weight excluding hydrogens is 302 g/mol. The Morgan fingerprint density at radius 1 is 1.29 bits per heavy atom. The molecule has 0 saturated heterocycles. The van der Waals surface area contributed by atoms with Gasteiger partial charge in [0.25, 0.3) is 0 Å². The highest BCUT2D eigenvalue weighted by Crippen LogP contribution is 2.33. The molecule has 2 aromatic heterocycles. The van der Waals surface area contributed by atoms with Crippen molar-refractivity contribution in [3.05, 3.63) is 65.1 Å². The topological polar surface area (TPSA) is 67.0 Å². The number of hydrogen-bond acceptors (Lipinski definition) is 4. The van der Waals surface area contributed by atoms with Crippen LogP contribution in [0.2, 0.25) is 0 Å². The molecule has 1 aliphatic heterocycles. The second-order valence-electron chi connectivity index (χ2n) is 6.07. The first-order chi connectivity index (χ1) is 11.8. The van der Waals surface area contributed by atoms with Crippen LogP contribution in [0, 0.1) is 0 Å². The third-order valence-corrected chi connectivity index (χ3v) is 4.68. The molecule has 0 radical (unpaired) electrons. The third kappa shape index (κ3) is 2.47. The van der Waals surface area contributed by atoms with Crippen LogP contribution in [0.1, 0.15) is 33.1 Å². The zero-order valence-corrected chi connectivity index (χ0v) is 13.5. The van der Waals surface area contributed by atoms with E-state index in [9.17, 15) is 4.79 Å². The van der Waals surface area contributed by atoms with Gasteiger partial charge in [-0.25, -0.2) is 4.79 Å². The molecule has 0 bridgehead atoms. The SMILES string of the molecule is COC(=O)c1cncc([C@H]2CNCCc3c2[nH]c2ccccc32)c1. The van der Waals surface area contributed by atoms with Gasteiger partial charge in [-0.2, -0.15) is 0 Å². The number of nitrogens with one attached hydrogen (secondary N) is 2. The van der Waals surface area contributed by atoms with E-state index in [0.717, 1.165) is 30.6 Å². The first-order valence-corrected chi connectivity index (χ1v) is 8.11. The largest absolute Gasteiger partial charge is 0.465 e. The van der Waals surface area contributed by atoms with E-state index in [1.807, 2.05) is 18.3 Å². The number of carbonyl (C=O) groups excluding carboxylic acids is 1. The fraction of sp³-hybridized carbons (Fsp3) is 0.263. The van der Waals surface area contributed by atoms with Gasteiger partial charge < -0.3 is 15.0 Å². The quantitative estimate of drug-likeness (QED) is 0.712. The molecule has 3 heterocycles. The van der Waals surface area contributed by atoms with Gasteiger partial charge in [0.2, 0.25) is 0 Å². The van der Waals surface area contributed by atoms with E-state index < -0.39 is 0 Å². The van der Waals surface area contributed by atoms with E-state index >= 15 is 0 Å². The molecule has 0 saturated carbocycles. The number of rotatable bonds is 2. The van der Waals surface area contributed by atoms with Crippen molar-refractivity contribution in [1.29, 1.82) is 0 Å². The zero-order chi connectivity index (χ0) is 16.5. The van der Waals surface area contributed by atoms with E-state index in [0.29, 0.717) is 5.56 Å². The molecule has 1 aromatic carbocycles. The van der Waals surface area contributed by atoms with E-state index in [-0.39, 0.29) is 11.9 Å². The predicted molar refractivity (Wildman–Crippen MR) is 92.3 cm³/mol. The van der Waals surface area contributed by atoms with Gasteiger partial charge in [-0.1, -0.05) is 18.2 Å². The number of hydrogen-bond donors (Lipinski definition) is 2. The van der Waals surface area contributed by atoms with E-state index in [4.69, 9.17) is 4.74 Å². The van der Waals surface area contributed by atoms with Crippen LogP contribution < -0.4 is 5.32 Å². The van der Waals surface area contributed by atoms with Gasteiger partial charge in [0.15, 0.2) is 0 Å². The molecule has 2 N–H and O–H groups in total. The average Bonchev–Trinajstić information content (AvgIpc) is 2.86. The molecule has 5 nitrogen and oxygen atoms in total. The minimum Gasteiger partial charge on any atom is -0.465 e. The van der Waals surface area contributed by atoms with Gasteiger partial charge >= 0.3 is 5.97 Å². The molecule has 0 amide bonds. The lowest BCUT2D eigenvalue weighted by Crippen LogP contribution is -2.21. The van der Waals surface area contributed by atoms with Crippen molar-refractivity contribution in [2.24, 2.45) is 0 Å². The number of aromatic nitrogens is 2. The molecule has 1 atom stereocenters. The Labute approximate surface area is 140 Å². The molecule has 1 aliphatic rings. The maximum Gasteiger partial charge on any atom is 0.339 e. The molecule has 24 heavy (non-hydrogen) atoms. The zero-order valence-electron chi connectivity index (χ0n) is 13.5. The molecule has 0 spiro atoms. The van der Waals surface area contributed by atoms with Crippen LogP contribution in [0.15, 0.2) is 42.7 Å². The number of benzene rings is 1. The average molecular weight is 321 g/mol. The second-order valence-corrected chi connectivity index (χ2v) is 6.07. The molecule has 0 aliphatic carbocycles. The maximum absolute atomic E-state index is 11.8. The number of methoxy groups -OCH3 is 1. The lowest BCUT2D eigenvalue weighted by Gasteiger charge is -2.16. The summed E-state index contributed by atoms with van der Waals surface area (Å²) >= 11 is 0. The van der Waals surface area contributed by atoms with Crippen molar-refractivity contribution in [3.8, 4) is 0 Å². The Morgan fingerprint density at radius 2 is 2.17 bits per heavy atom. The van der Waals surface area contributed by atoms with Gasteiger partial charge in [0.1, 0.15) is 0 Å². The Morgan fingerprint density at radius 3 is 3.04 bits per heavy atom. The van der Waals surface area contributed by atoms with Crippen molar-refractivity contribution >= 4 is 16.9 Å². The summed E-state index contributed by atoms with van der Waals surface area (Å²) in [4.78, 5) is 19.6. The summed E-state index contributed by atoms with van der Waals surface area (Å²) in [5.74, 6) is -0.227. The fourth-order valence-corrected chi connectivity index (χ4v) is 3.51. The lowest BCUT2D eigenvalue weighted by atomic mass is 9.93. The second kappa shape index (κ2) is 6.09. The number of nitrogens with zero attached hydrogens (tertiary/aromatic N) is 1. The van der Waals surface area contributed by atoms with Crippen molar-refractivity contribution in [3.63, 3.8) is 0 Å². The third-order valence-electron chi connectivity index (χ3n) is 4.68. The summed E-state index contributed by atoms with van der Waals surface area (Å²) in [7, 11) is 1.39. The normalized spacial score (nSPS) is 17.3. The van der Waals surface area contributed by atoms with E-state index in [2.05, 4.69) is 33.5 Å². The van der Waals surface area contributed by atoms with Crippen LogP contribution in [0.4, 0.5) is 0 Å². The number of ether oxygens (including phenoxy) is 1. The van der Waals surface area contributed by atoms with Crippen molar-refractivity contribution in [2.45, 2.75) is 12.3 Å². The Kier molecular flexibility index (Phi) is 3.78. The fourth-order valence-electron chi connectivity index (χ4n) is 3.51. The highest BCUT2D eigenvalue weighted by molar-refractivity contribution is 5.89. The van der Waals surface area contributed by atoms with Gasteiger partial charge in [-0.05, 0) is 36.2 Å². The lowest BCUT2D eigenvalue weighted by molar-refractivity contribution is 0.0600. The maximum atomic E-state index is 11.8. The molecule has 122 valence electrons. The standard InChI is InChI=1S/C19H19N3O2/c1-24-19(23)13-8-12(9-21-10-13)16-11-20-7-6-15-14-4-2-3-5-17(14)22-18(15)16/h2-5,8-10,16,20,22H,6-7,11H2,1H3/t16-/m1/s1. The van der Waals surface area contributed by atoms with Crippen LogP contribution in [-0.2, 0) is 11.2 Å².